The molecule has 36 heavy (non-hydrogen) atoms. The molecule has 0 atom stereocenters. The topological polar surface area (TPSA) is 77.1 Å². The average molecular weight is 519 g/mol. The quantitative estimate of drug-likeness (QED) is 0.343. The van der Waals surface area contributed by atoms with Crippen LogP contribution in [0.5, 0.6) is 17.2 Å². The number of rotatable bonds is 7. The highest BCUT2D eigenvalue weighted by atomic mass is 32.2. The van der Waals surface area contributed by atoms with E-state index in [1.165, 1.54) is 11.8 Å². The molecular formula is C27H22N2O5S2. The molecule has 182 valence electrons. The fraction of sp³-hybridized carbons (Fsp3) is 0.148. The van der Waals surface area contributed by atoms with Crippen molar-refractivity contribution in [2.45, 2.75) is 13.5 Å². The molecule has 1 fully saturated rings. The highest BCUT2D eigenvalue weighted by Crippen LogP contribution is 2.36. The Morgan fingerprint density at radius 3 is 2.75 bits per heavy atom. The number of ether oxygens (including phenoxy) is 3. The standard InChI is InChI=1S/C27H22N2O5S2/c1-17-5-8-20(9-6-17)28-25(30)15-32-21-4-2-3-18(11-21)13-24-26(31)29(27(35)36-24)14-19-7-10-22-23(12-19)34-16-33-22/h2-13H,14-16H2,1H3,(H,28,30)/b24-13-. The molecule has 3 aromatic carbocycles. The number of carbonyl (C=O) groups is 2. The Morgan fingerprint density at radius 1 is 1.11 bits per heavy atom. The van der Waals surface area contributed by atoms with Gasteiger partial charge in [0.2, 0.25) is 6.79 Å². The first-order valence-electron chi connectivity index (χ1n) is 11.2. The van der Waals surface area contributed by atoms with Gasteiger partial charge in [0.1, 0.15) is 10.1 Å². The summed E-state index contributed by atoms with van der Waals surface area (Å²) in [7, 11) is 0. The van der Waals surface area contributed by atoms with Crippen LogP contribution in [0.25, 0.3) is 6.08 Å². The Hall–Kier alpha value is -3.82. The predicted octanol–water partition coefficient (Wildman–Crippen LogP) is 5.14. The van der Waals surface area contributed by atoms with Gasteiger partial charge in [-0.05, 0) is 60.5 Å². The van der Waals surface area contributed by atoms with Gasteiger partial charge in [0, 0.05) is 5.69 Å². The van der Waals surface area contributed by atoms with Gasteiger partial charge < -0.3 is 19.5 Å². The molecule has 0 saturated carbocycles. The summed E-state index contributed by atoms with van der Waals surface area (Å²) < 4.78 is 16.9. The third kappa shape index (κ3) is 5.53. The molecule has 0 unspecified atom stereocenters. The van der Waals surface area contributed by atoms with E-state index in [1.54, 1.807) is 23.1 Å². The normalized spacial score (nSPS) is 15.5. The second kappa shape index (κ2) is 10.4. The number of thioether (sulfide) groups is 1. The zero-order valence-electron chi connectivity index (χ0n) is 19.4. The van der Waals surface area contributed by atoms with Crippen LogP contribution in [-0.4, -0.2) is 34.4 Å². The summed E-state index contributed by atoms with van der Waals surface area (Å²) >= 11 is 6.72. The first kappa shape index (κ1) is 23.9. The van der Waals surface area contributed by atoms with E-state index >= 15 is 0 Å². The molecule has 7 nitrogen and oxygen atoms in total. The van der Waals surface area contributed by atoms with Gasteiger partial charge in [0.15, 0.2) is 18.1 Å². The Bertz CT molecular complexity index is 1370. The molecule has 2 aliphatic rings. The molecule has 3 aromatic rings. The van der Waals surface area contributed by atoms with Gasteiger partial charge >= 0.3 is 0 Å². The number of amides is 2. The Morgan fingerprint density at radius 2 is 1.92 bits per heavy atom. The number of nitrogens with one attached hydrogen (secondary N) is 1. The third-order valence-electron chi connectivity index (χ3n) is 5.51. The van der Waals surface area contributed by atoms with Crippen molar-refractivity contribution in [1.82, 2.24) is 4.90 Å². The van der Waals surface area contributed by atoms with Crippen molar-refractivity contribution in [1.29, 1.82) is 0 Å². The predicted molar refractivity (Wildman–Crippen MR) is 143 cm³/mol. The van der Waals surface area contributed by atoms with Crippen molar-refractivity contribution in [2.24, 2.45) is 0 Å². The lowest BCUT2D eigenvalue weighted by Crippen LogP contribution is -2.27. The summed E-state index contributed by atoms with van der Waals surface area (Å²) in [5.74, 6) is 1.47. The molecule has 0 spiro atoms. The molecule has 2 heterocycles. The molecule has 5 rings (SSSR count). The summed E-state index contributed by atoms with van der Waals surface area (Å²) in [6, 6.07) is 20.4. The molecule has 0 aliphatic carbocycles. The molecular weight excluding hydrogens is 496 g/mol. The summed E-state index contributed by atoms with van der Waals surface area (Å²) in [5, 5.41) is 2.80. The smallest absolute Gasteiger partial charge is 0.266 e. The fourth-order valence-electron chi connectivity index (χ4n) is 3.69. The van der Waals surface area contributed by atoms with Crippen LogP contribution in [-0.2, 0) is 16.1 Å². The number of benzene rings is 3. The van der Waals surface area contributed by atoms with Gasteiger partial charge in [0.05, 0.1) is 11.4 Å². The minimum Gasteiger partial charge on any atom is -0.484 e. The Kier molecular flexibility index (Phi) is 6.92. The average Bonchev–Trinajstić information content (AvgIpc) is 3.44. The van der Waals surface area contributed by atoms with E-state index < -0.39 is 0 Å². The van der Waals surface area contributed by atoms with Crippen LogP contribution in [0.4, 0.5) is 5.69 Å². The lowest BCUT2D eigenvalue weighted by Gasteiger charge is -2.14. The van der Waals surface area contributed by atoms with E-state index in [2.05, 4.69) is 5.32 Å². The second-order valence-electron chi connectivity index (χ2n) is 8.23. The number of hydrogen-bond acceptors (Lipinski definition) is 7. The maximum atomic E-state index is 13.1. The van der Waals surface area contributed by atoms with Gasteiger partial charge in [-0.2, -0.15) is 0 Å². The molecule has 0 aromatic heterocycles. The largest absolute Gasteiger partial charge is 0.484 e. The summed E-state index contributed by atoms with van der Waals surface area (Å²) in [5.41, 5.74) is 3.50. The van der Waals surface area contributed by atoms with E-state index in [0.29, 0.717) is 38.7 Å². The monoisotopic (exact) mass is 518 g/mol. The van der Waals surface area contributed by atoms with Crippen LogP contribution < -0.4 is 19.5 Å². The van der Waals surface area contributed by atoms with Gasteiger partial charge in [-0.3, -0.25) is 14.5 Å². The molecule has 0 bridgehead atoms. The summed E-state index contributed by atoms with van der Waals surface area (Å²) in [6.45, 7) is 2.40. The number of anilines is 1. The van der Waals surface area contributed by atoms with Crippen LogP contribution in [0.2, 0.25) is 0 Å². The van der Waals surface area contributed by atoms with Crippen molar-refractivity contribution >= 4 is 51.9 Å². The van der Waals surface area contributed by atoms with Gasteiger partial charge in [0.25, 0.3) is 11.8 Å². The lowest BCUT2D eigenvalue weighted by molar-refractivity contribution is -0.122. The maximum Gasteiger partial charge on any atom is 0.266 e. The zero-order valence-corrected chi connectivity index (χ0v) is 21.0. The van der Waals surface area contributed by atoms with Gasteiger partial charge in [-0.15, -0.1) is 0 Å². The van der Waals surface area contributed by atoms with Crippen LogP contribution >= 0.6 is 24.0 Å². The molecule has 2 amide bonds. The van der Waals surface area contributed by atoms with E-state index in [9.17, 15) is 9.59 Å². The van der Waals surface area contributed by atoms with E-state index in [0.717, 1.165) is 16.7 Å². The summed E-state index contributed by atoms with van der Waals surface area (Å²) in [4.78, 5) is 27.4. The van der Waals surface area contributed by atoms with Crippen LogP contribution in [0.15, 0.2) is 71.6 Å². The number of hydrogen-bond donors (Lipinski definition) is 1. The first-order chi connectivity index (χ1) is 17.4. The minimum absolute atomic E-state index is 0.130. The zero-order chi connectivity index (χ0) is 25.1. The Balaban J connectivity index is 1.21. The SMILES string of the molecule is Cc1ccc(NC(=O)COc2cccc(/C=C3\SC(=S)N(Cc4ccc5c(c4)OCO5)C3=O)c2)cc1. The first-order valence-corrected chi connectivity index (χ1v) is 12.4. The molecule has 0 radical (unpaired) electrons. The van der Waals surface area contributed by atoms with Gasteiger partial charge in [-0.1, -0.05) is 59.9 Å². The number of aryl methyl sites for hydroxylation is 1. The lowest BCUT2D eigenvalue weighted by atomic mass is 10.1. The van der Waals surface area contributed by atoms with Crippen molar-refractivity contribution in [3.63, 3.8) is 0 Å². The van der Waals surface area contributed by atoms with E-state index in [1.807, 2.05) is 61.5 Å². The minimum atomic E-state index is -0.256. The molecule has 1 N–H and O–H groups in total. The van der Waals surface area contributed by atoms with Gasteiger partial charge in [-0.25, -0.2) is 0 Å². The van der Waals surface area contributed by atoms with Crippen molar-refractivity contribution < 1.29 is 23.8 Å². The summed E-state index contributed by atoms with van der Waals surface area (Å²) in [6.07, 6.45) is 1.78. The molecule has 1 saturated heterocycles. The number of nitrogens with zero attached hydrogens (tertiary/aromatic N) is 1. The van der Waals surface area contributed by atoms with Crippen LogP contribution in [0.1, 0.15) is 16.7 Å². The van der Waals surface area contributed by atoms with Crippen molar-refractivity contribution in [2.75, 3.05) is 18.7 Å². The number of thiocarbonyl (C=S) groups is 1. The molecule has 9 heteroatoms. The van der Waals surface area contributed by atoms with E-state index in [-0.39, 0.29) is 25.2 Å². The highest BCUT2D eigenvalue weighted by Gasteiger charge is 2.32. The maximum absolute atomic E-state index is 13.1. The van der Waals surface area contributed by atoms with E-state index in [4.69, 9.17) is 26.4 Å². The van der Waals surface area contributed by atoms with Crippen molar-refractivity contribution in [3.05, 3.63) is 88.3 Å². The molecule has 2 aliphatic heterocycles. The highest BCUT2D eigenvalue weighted by molar-refractivity contribution is 8.26. The third-order valence-corrected chi connectivity index (χ3v) is 6.89. The number of fused-ring (bicyclic) bond motifs is 1. The van der Waals surface area contributed by atoms with Crippen LogP contribution in [0.3, 0.4) is 0 Å². The second-order valence-corrected chi connectivity index (χ2v) is 9.91. The van der Waals surface area contributed by atoms with Crippen LogP contribution in [0, 0.1) is 6.92 Å². The Labute approximate surface area is 218 Å². The van der Waals surface area contributed by atoms with Crippen molar-refractivity contribution in [3.8, 4) is 17.2 Å². The number of carbonyl (C=O) groups excluding carboxylic acids is 2. The fourth-order valence-corrected chi connectivity index (χ4v) is 4.94.